The minimum Gasteiger partial charge on any atom is -0.468 e. The van der Waals surface area contributed by atoms with Gasteiger partial charge >= 0.3 is 12.0 Å². The van der Waals surface area contributed by atoms with E-state index in [0.29, 0.717) is 16.5 Å². The van der Waals surface area contributed by atoms with Crippen molar-refractivity contribution in [2.75, 3.05) is 13.7 Å². The summed E-state index contributed by atoms with van der Waals surface area (Å²) in [6.45, 7) is 1.47. The zero-order valence-electron chi connectivity index (χ0n) is 14.0. The Morgan fingerprint density at radius 2 is 2.08 bits per heavy atom. The smallest absolute Gasteiger partial charge is 0.329 e. The van der Waals surface area contributed by atoms with Gasteiger partial charge in [0.25, 0.3) is 5.91 Å². The Balaban J connectivity index is 1.84. The van der Waals surface area contributed by atoms with Gasteiger partial charge in [-0.05, 0) is 36.8 Å². The van der Waals surface area contributed by atoms with Crippen LogP contribution in [0.25, 0.3) is 17.4 Å². The molecule has 0 spiro atoms. The normalized spacial score (nSPS) is 15.5. The van der Waals surface area contributed by atoms with E-state index in [1.807, 2.05) is 13.0 Å². The molecule has 2 heterocycles. The quantitative estimate of drug-likeness (QED) is 0.505. The van der Waals surface area contributed by atoms with Crippen LogP contribution in [-0.2, 0) is 14.3 Å². The second-order valence-corrected chi connectivity index (χ2v) is 6.05. The summed E-state index contributed by atoms with van der Waals surface area (Å²) >= 11 is 6.03. The number of urea groups is 1. The number of carbonyl (C=O) groups excluding carboxylic acids is 3. The Labute approximate surface area is 154 Å². The van der Waals surface area contributed by atoms with Gasteiger partial charge in [-0.25, -0.2) is 9.69 Å². The third kappa shape index (κ3) is 3.48. The van der Waals surface area contributed by atoms with E-state index in [-0.39, 0.29) is 5.70 Å². The predicted molar refractivity (Wildman–Crippen MR) is 94.1 cm³/mol. The zero-order chi connectivity index (χ0) is 18.8. The molecule has 1 aromatic heterocycles. The average molecular weight is 375 g/mol. The Kier molecular flexibility index (Phi) is 4.81. The monoisotopic (exact) mass is 374 g/mol. The van der Waals surface area contributed by atoms with Crippen molar-refractivity contribution in [2.45, 2.75) is 6.92 Å². The van der Waals surface area contributed by atoms with E-state index in [0.717, 1.165) is 16.0 Å². The van der Waals surface area contributed by atoms with E-state index in [2.05, 4.69) is 10.1 Å². The minimum atomic E-state index is -0.691. The van der Waals surface area contributed by atoms with Crippen LogP contribution in [0.4, 0.5) is 4.79 Å². The van der Waals surface area contributed by atoms with E-state index in [4.69, 9.17) is 16.0 Å². The molecule has 3 rings (SSSR count). The highest BCUT2D eigenvalue weighted by Gasteiger charge is 2.35. The maximum atomic E-state index is 12.3. The number of imide groups is 1. The first kappa shape index (κ1) is 17.8. The van der Waals surface area contributed by atoms with Gasteiger partial charge in [0.1, 0.15) is 23.8 Å². The van der Waals surface area contributed by atoms with Crippen LogP contribution in [0.2, 0.25) is 5.02 Å². The fourth-order valence-electron chi connectivity index (χ4n) is 2.49. The predicted octanol–water partition coefficient (Wildman–Crippen LogP) is 2.97. The van der Waals surface area contributed by atoms with Crippen molar-refractivity contribution in [3.63, 3.8) is 0 Å². The highest BCUT2D eigenvalue weighted by molar-refractivity contribution is 6.30. The maximum Gasteiger partial charge on any atom is 0.329 e. The van der Waals surface area contributed by atoms with Crippen LogP contribution in [0, 0.1) is 6.92 Å². The van der Waals surface area contributed by atoms with Crippen LogP contribution in [0.1, 0.15) is 11.3 Å². The summed E-state index contributed by atoms with van der Waals surface area (Å²) in [6.07, 6.45) is 1.40. The number of aryl methyl sites for hydroxylation is 1. The molecule has 1 N–H and O–H groups in total. The highest BCUT2D eigenvalue weighted by atomic mass is 35.5. The van der Waals surface area contributed by atoms with Gasteiger partial charge in [0.05, 0.1) is 7.11 Å². The van der Waals surface area contributed by atoms with Crippen molar-refractivity contribution in [1.82, 2.24) is 10.2 Å². The molecular weight excluding hydrogens is 360 g/mol. The molecule has 0 saturated carbocycles. The topological polar surface area (TPSA) is 88.8 Å². The summed E-state index contributed by atoms with van der Waals surface area (Å²) in [5.41, 5.74) is 1.83. The van der Waals surface area contributed by atoms with Crippen LogP contribution < -0.4 is 5.32 Å². The molecule has 1 aliphatic rings. The molecule has 3 amide bonds. The summed E-state index contributed by atoms with van der Waals surface area (Å²) in [7, 11) is 1.18. The van der Waals surface area contributed by atoms with Gasteiger partial charge in [-0.2, -0.15) is 0 Å². The van der Waals surface area contributed by atoms with Crippen LogP contribution in [0.5, 0.6) is 0 Å². The summed E-state index contributed by atoms with van der Waals surface area (Å²) < 4.78 is 10.2. The standard InChI is InChI=1S/C18H15ClN2O5/c1-10-3-4-11(19)7-13(10)15-6-5-12(26-15)8-14-17(23)21(18(24)20-14)9-16(22)25-2/h3-8H,9H2,1-2H3,(H,20,24)/b14-8+. The molecule has 0 bridgehead atoms. The van der Waals surface area contributed by atoms with E-state index >= 15 is 0 Å². The van der Waals surface area contributed by atoms with Gasteiger partial charge < -0.3 is 14.5 Å². The Morgan fingerprint density at radius 3 is 2.81 bits per heavy atom. The fraction of sp³-hybridized carbons (Fsp3) is 0.167. The summed E-state index contributed by atoms with van der Waals surface area (Å²) in [6, 6.07) is 8.18. The molecule has 1 saturated heterocycles. The number of halogens is 1. The number of hydrogen-bond donors (Lipinski definition) is 1. The van der Waals surface area contributed by atoms with Crippen molar-refractivity contribution in [1.29, 1.82) is 0 Å². The van der Waals surface area contributed by atoms with Crippen molar-refractivity contribution in [3.05, 3.63) is 52.4 Å². The molecule has 8 heteroatoms. The number of nitrogens with one attached hydrogen (secondary N) is 1. The van der Waals surface area contributed by atoms with Crippen LogP contribution >= 0.6 is 11.6 Å². The molecule has 1 aliphatic heterocycles. The molecule has 134 valence electrons. The number of nitrogens with zero attached hydrogens (tertiary/aromatic N) is 1. The van der Waals surface area contributed by atoms with Gasteiger partial charge in [0, 0.05) is 16.7 Å². The molecule has 0 radical (unpaired) electrons. The molecule has 0 aliphatic carbocycles. The van der Waals surface area contributed by atoms with E-state index in [1.165, 1.54) is 13.2 Å². The number of benzene rings is 1. The van der Waals surface area contributed by atoms with Gasteiger partial charge in [-0.3, -0.25) is 9.59 Å². The number of rotatable bonds is 4. The Morgan fingerprint density at radius 1 is 1.31 bits per heavy atom. The lowest BCUT2D eigenvalue weighted by molar-refractivity contribution is -0.143. The lowest BCUT2D eigenvalue weighted by Crippen LogP contribution is -2.36. The molecule has 0 unspecified atom stereocenters. The van der Waals surface area contributed by atoms with Gasteiger partial charge in [0.2, 0.25) is 0 Å². The van der Waals surface area contributed by atoms with Gasteiger partial charge in [0.15, 0.2) is 0 Å². The second-order valence-electron chi connectivity index (χ2n) is 5.62. The summed E-state index contributed by atoms with van der Waals surface area (Å²) in [5, 5.41) is 2.99. The third-order valence-electron chi connectivity index (χ3n) is 3.86. The molecule has 1 aromatic carbocycles. The molecular formula is C18H15ClN2O5. The lowest BCUT2D eigenvalue weighted by atomic mass is 10.1. The van der Waals surface area contributed by atoms with Crippen molar-refractivity contribution < 1.29 is 23.5 Å². The van der Waals surface area contributed by atoms with Crippen molar-refractivity contribution >= 4 is 35.6 Å². The van der Waals surface area contributed by atoms with E-state index in [1.54, 1.807) is 24.3 Å². The molecule has 7 nitrogen and oxygen atoms in total. The molecule has 0 atom stereocenters. The fourth-order valence-corrected chi connectivity index (χ4v) is 2.66. The number of esters is 1. The maximum absolute atomic E-state index is 12.3. The van der Waals surface area contributed by atoms with E-state index in [9.17, 15) is 14.4 Å². The van der Waals surface area contributed by atoms with Gasteiger partial charge in [-0.1, -0.05) is 17.7 Å². The number of methoxy groups -OCH3 is 1. The van der Waals surface area contributed by atoms with Crippen LogP contribution in [0.15, 0.2) is 40.4 Å². The zero-order valence-corrected chi connectivity index (χ0v) is 14.8. The first-order valence-electron chi connectivity index (χ1n) is 7.67. The van der Waals surface area contributed by atoms with Crippen molar-refractivity contribution in [3.8, 4) is 11.3 Å². The number of furan rings is 1. The summed E-state index contributed by atoms with van der Waals surface area (Å²) in [4.78, 5) is 36.2. The highest BCUT2D eigenvalue weighted by Crippen LogP contribution is 2.29. The first-order chi connectivity index (χ1) is 12.4. The summed E-state index contributed by atoms with van der Waals surface area (Å²) in [5.74, 6) is -0.355. The van der Waals surface area contributed by atoms with Crippen LogP contribution in [0.3, 0.4) is 0 Å². The van der Waals surface area contributed by atoms with Crippen molar-refractivity contribution in [2.24, 2.45) is 0 Å². The number of amides is 3. The SMILES string of the molecule is COC(=O)CN1C(=O)N/C(=C/c2ccc(-c3cc(Cl)ccc3C)o2)C1=O. The average Bonchev–Trinajstić information content (AvgIpc) is 3.17. The Bertz CT molecular complexity index is 931. The first-order valence-corrected chi connectivity index (χ1v) is 8.04. The van der Waals surface area contributed by atoms with Gasteiger partial charge in [-0.15, -0.1) is 0 Å². The minimum absolute atomic E-state index is 0.0163. The van der Waals surface area contributed by atoms with E-state index < -0.39 is 24.5 Å². The molecule has 2 aromatic rings. The Hall–Kier alpha value is -3.06. The number of hydrogen-bond acceptors (Lipinski definition) is 5. The molecule has 1 fully saturated rings. The lowest BCUT2D eigenvalue weighted by Gasteiger charge is -2.08. The second kappa shape index (κ2) is 7.05. The molecule has 26 heavy (non-hydrogen) atoms. The number of ether oxygens (including phenoxy) is 1. The van der Waals surface area contributed by atoms with Crippen LogP contribution in [-0.4, -0.2) is 36.5 Å². The number of carbonyl (C=O) groups is 3. The third-order valence-corrected chi connectivity index (χ3v) is 4.09. The largest absolute Gasteiger partial charge is 0.468 e.